The van der Waals surface area contributed by atoms with Gasteiger partial charge in [-0.25, -0.2) is 4.98 Å². The van der Waals surface area contributed by atoms with Crippen molar-refractivity contribution < 1.29 is 9.21 Å². The smallest absolute Gasteiger partial charge is 0.226 e. The number of aryl methyl sites for hydroxylation is 1. The minimum Gasteiger partial charge on any atom is -0.446 e. The molecule has 0 saturated carbocycles. The van der Waals surface area contributed by atoms with Crippen LogP contribution in [0.4, 0.5) is 0 Å². The van der Waals surface area contributed by atoms with Crippen molar-refractivity contribution in [3.05, 3.63) is 46.5 Å². The van der Waals surface area contributed by atoms with Gasteiger partial charge in [0.15, 0.2) is 5.78 Å². The molecule has 0 spiro atoms. The number of carbonyl (C=O) groups is 1. The Bertz CT molecular complexity index is 730. The molecule has 0 amide bonds. The SMILES string of the molecule is Cc1ccc(C(=O)CSc2ccnc3occc23)s1. The highest BCUT2D eigenvalue weighted by molar-refractivity contribution is 8.00. The lowest BCUT2D eigenvalue weighted by molar-refractivity contribution is 0.102. The Morgan fingerprint density at radius 1 is 1.37 bits per heavy atom. The summed E-state index contributed by atoms with van der Waals surface area (Å²) in [5.74, 6) is 0.598. The molecular formula is C14H11NO2S2. The quantitative estimate of drug-likeness (QED) is 0.534. The molecule has 0 aliphatic rings. The van der Waals surface area contributed by atoms with Crippen molar-refractivity contribution in [2.24, 2.45) is 0 Å². The Morgan fingerprint density at radius 2 is 2.26 bits per heavy atom. The minimum atomic E-state index is 0.163. The van der Waals surface area contributed by atoms with E-state index in [1.165, 1.54) is 11.8 Å². The maximum atomic E-state index is 12.1. The Morgan fingerprint density at radius 3 is 3.05 bits per heavy atom. The number of pyridine rings is 1. The van der Waals surface area contributed by atoms with Crippen molar-refractivity contribution in [2.75, 3.05) is 5.75 Å². The Kier molecular flexibility index (Phi) is 3.40. The first-order chi connectivity index (χ1) is 9.24. The molecule has 0 fully saturated rings. The molecule has 3 rings (SSSR count). The third kappa shape index (κ3) is 2.57. The van der Waals surface area contributed by atoms with Crippen molar-refractivity contribution in [3.63, 3.8) is 0 Å². The second kappa shape index (κ2) is 5.19. The van der Waals surface area contributed by atoms with Crippen LogP contribution in [0.3, 0.4) is 0 Å². The van der Waals surface area contributed by atoms with Crippen molar-refractivity contribution in [3.8, 4) is 0 Å². The molecule has 0 N–H and O–H groups in total. The third-order valence-corrected chi connectivity index (χ3v) is 4.82. The van der Waals surface area contributed by atoms with Gasteiger partial charge in [-0.2, -0.15) is 0 Å². The highest BCUT2D eigenvalue weighted by Crippen LogP contribution is 2.28. The van der Waals surface area contributed by atoms with E-state index in [0.717, 1.165) is 20.0 Å². The number of thiophene rings is 1. The number of fused-ring (bicyclic) bond motifs is 1. The summed E-state index contributed by atoms with van der Waals surface area (Å²) in [5, 5.41) is 0.961. The van der Waals surface area contributed by atoms with Gasteiger partial charge in [-0.15, -0.1) is 23.1 Å². The van der Waals surface area contributed by atoms with Gasteiger partial charge in [-0.05, 0) is 31.2 Å². The fraction of sp³-hybridized carbons (Fsp3) is 0.143. The number of hydrogen-bond acceptors (Lipinski definition) is 5. The van der Waals surface area contributed by atoms with Gasteiger partial charge < -0.3 is 4.42 Å². The number of carbonyl (C=O) groups excluding carboxylic acids is 1. The van der Waals surface area contributed by atoms with Gasteiger partial charge >= 0.3 is 0 Å². The lowest BCUT2D eigenvalue weighted by atomic mass is 10.3. The van der Waals surface area contributed by atoms with Gasteiger partial charge in [0.25, 0.3) is 0 Å². The van der Waals surface area contributed by atoms with Crippen LogP contribution in [0.5, 0.6) is 0 Å². The highest BCUT2D eigenvalue weighted by Gasteiger charge is 2.11. The molecule has 0 saturated heterocycles. The van der Waals surface area contributed by atoms with E-state index in [2.05, 4.69) is 4.98 Å². The molecule has 0 aromatic carbocycles. The summed E-state index contributed by atoms with van der Waals surface area (Å²) in [6.45, 7) is 2.01. The second-order valence-corrected chi connectivity index (χ2v) is 6.38. The zero-order valence-electron chi connectivity index (χ0n) is 10.3. The molecule has 0 aliphatic carbocycles. The Hall–Kier alpha value is -1.59. The molecule has 5 heteroatoms. The Balaban J connectivity index is 1.76. The molecule has 0 radical (unpaired) electrons. The number of Topliss-reactive ketones (excluding diaryl/α,β-unsaturated/α-hetero) is 1. The van der Waals surface area contributed by atoms with E-state index in [4.69, 9.17) is 4.42 Å². The molecule has 19 heavy (non-hydrogen) atoms. The first-order valence-electron chi connectivity index (χ1n) is 5.79. The van der Waals surface area contributed by atoms with E-state index >= 15 is 0 Å². The number of rotatable bonds is 4. The van der Waals surface area contributed by atoms with Crippen LogP contribution >= 0.6 is 23.1 Å². The average Bonchev–Trinajstić information content (AvgIpc) is 3.04. The number of furan rings is 1. The van der Waals surface area contributed by atoms with E-state index in [1.54, 1.807) is 23.8 Å². The lowest BCUT2D eigenvalue weighted by Crippen LogP contribution is -1.99. The van der Waals surface area contributed by atoms with Gasteiger partial charge in [-0.1, -0.05) is 0 Å². The van der Waals surface area contributed by atoms with Crippen LogP contribution in [0.2, 0.25) is 0 Å². The van der Waals surface area contributed by atoms with Gasteiger partial charge in [0.1, 0.15) is 0 Å². The van der Waals surface area contributed by atoms with Crippen molar-refractivity contribution in [2.45, 2.75) is 11.8 Å². The van der Waals surface area contributed by atoms with E-state index < -0.39 is 0 Å². The van der Waals surface area contributed by atoms with Crippen LogP contribution in [0.25, 0.3) is 11.1 Å². The normalized spacial score (nSPS) is 11.0. The third-order valence-electron chi connectivity index (χ3n) is 2.70. The van der Waals surface area contributed by atoms with Crippen LogP contribution in [-0.2, 0) is 0 Å². The summed E-state index contributed by atoms with van der Waals surface area (Å²) in [4.78, 5) is 19.2. The first kappa shape index (κ1) is 12.4. The van der Waals surface area contributed by atoms with Gasteiger partial charge in [0.2, 0.25) is 5.71 Å². The summed E-state index contributed by atoms with van der Waals surface area (Å²) in [6.07, 6.45) is 3.32. The van der Waals surface area contributed by atoms with Crippen LogP contribution < -0.4 is 0 Å². The maximum Gasteiger partial charge on any atom is 0.226 e. The number of aromatic nitrogens is 1. The zero-order valence-corrected chi connectivity index (χ0v) is 11.9. The molecule has 0 bridgehead atoms. The largest absolute Gasteiger partial charge is 0.446 e. The average molecular weight is 289 g/mol. The standard InChI is InChI=1S/C14H11NO2S2/c1-9-2-3-13(19-9)11(16)8-18-12-4-6-15-14-10(12)5-7-17-14/h2-7H,8H2,1H3. The van der Waals surface area contributed by atoms with Crippen LogP contribution in [0.1, 0.15) is 14.5 Å². The Labute approximate surface area is 118 Å². The van der Waals surface area contributed by atoms with E-state index in [0.29, 0.717) is 11.5 Å². The van der Waals surface area contributed by atoms with E-state index in [9.17, 15) is 4.79 Å². The predicted molar refractivity (Wildman–Crippen MR) is 78.1 cm³/mol. The van der Waals surface area contributed by atoms with Crippen molar-refractivity contribution in [1.82, 2.24) is 4.98 Å². The monoisotopic (exact) mass is 289 g/mol. The van der Waals surface area contributed by atoms with Gasteiger partial charge in [-0.3, -0.25) is 4.79 Å². The van der Waals surface area contributed by atoms with Crippen LogP contribution in [-0.4, -0.2) is 16.5 Å². The van der Waals surface area contributed by atoms with Crippen molar-refractivity contribution >= 4 is 40.0 Å². The van der Waals surface area contributed by atoms with E-state index in [1.807, 2.05) is 31.2 Å². The summed E-state index contributed by atoms with van der Waals surface area (Å²) < 4.78 is 5.25. The van der Waals surface area contributed by atoms with Crippen LogP contribution in [0, 0.1) is 6.92 Å². The first-order valence-corrected chi connectivity index (χ1v) is 7.59. The molecular weight excluding hydrogens is 278 g/mol. The fourth-order valence-electron chi connectivity index (χ4n) is 1.78. The number of ketones is 1. The van der Waals surface area contributed by atoms with Gasteiger partial charge in [0, 0.05) is 16.0 Å². The number of nitrogens with zero attached hydrogens (tertiary/aromatic N) is 1. The molecule has 3 nitrogen and oxygen atoms in total. The lowest BCUT2D eigenvalue weighted by Gasteiger charge is -2.00. The van der Waals surface area contributed by atoms with Crippen LogP contribution in [0.15, 0.2) is 46.0 Å². The highest BCUT2D eigenvalue weighted by atomic mass is 32.2. The molecule has 3 heterocycles. The predicted octanol–water partition coefficient (Wildman–Crippen LogP) is 4.17. The number of thioether (sulfide) groups is 1. The van der Waals surface area contributed by atoms with Gasteiger partial charge in [0.05, 0.1) is 22.3 Å². The summed E-state index contributed by atoms with van der Waals surface area (Å²) >= 11 is 3.07. The molecule has 0 aliphatic heterocycles. The zero-order chi connectivity index (χ0) is 13.2. The molecule has 3 aromatic heterocycles. The summed E-state index contributed by atoms with van der Waals surface area (Å²) in [7, 11) is 0. The molecule has 3 aromatic rings. The molecule has 0 atom stereocenters. The summed E-state index contributed by atoms with van der Waals surface area (Å²) in [6, 6.07) is 7.66. The maximum absolute atomic E-state index is 12.1. The second-order valence-electron chi connectivity index (χ2n) is 4.07. The number of hydrogen-bond donors (Lipinski definition) is 0. The topological polar surface area (TPSA) is 43.1 Å². The molecule has 0 unspecified atom stereocenters. The van der Waals surface area contributed by atoms with Crippen molar-refractivity contribution in [1.29, 1.82) is 0 Å². The van der Waals surface area contributed by atoms with E-state index in [-0.39, 0.29) is 5.78 Å². The summed E-state index contributed by atoms with van der Waals surface area (Å²) in [5.41, 5.74) is 0.615. The minimum absolute atomic E-state index is 0.163. The fourth-order valence-corrected chi connectivity index (χ4v) is 3.58. The molecule has 96 valence electrons.